The molecule has 0 aliphatic heterocycles. The molecule has 2 unspecified atom stereocenters. The second-order valence-corrected chi connectivity index (χ2v) is 7.11. The van der Waals surface area contributed by atoms with Crippen LogP contribution in [0.2, 0.25) is 0 Å². The Labute approximate surface area is 153 Å². The number of carbonyl (C=O) groups excluding carboxylic acids is 3. The molecule has 5 nitrogen and oxygen atoms in total. The third-order valence-corrected chi connectivity index (χ3v) is 4.30. The predicted octanol–water partition coefficient (Wildman–Crippen LogP) is 3.49. The normalized spacial score (nSPS) is 22.5. The molecule has 1 aliphatic carbocycles. The van der Waals surface area contributed by atoms with Gasteiger partial charge in [0.05, 0.1) is 0 Å². The van der Waals surface area contributed by atoms with Crippen LogP contribution in [0.3, 0.4) is 0 Å². The summed E-state index contributed by atoms with van der Waals surface area (Å²) in [6.45, 7) is 6.62. The number of allylic oxidation sites excluding steroid dienone is 1. The zero-order valence-corrected chi connectivity index (χ0v) is 15.5. The number of carbonyl (C=O) groups is 3. The van der Waals surface area contributed by atoms with Gasteiger partial charge in [-0.1, -0.05) is 44.2 Å². The van der Waals surface area contributed by atoms with Crippen LogP contribution in [-0.4, -0.2) is 29.9 Å². The van der Waals surface area contributed by atoms with E-state index in [1.165, 1.54) is 13.0 Å². The summed E-state index contributed by atoms with van der Waals surface area (Å²) in [7, 11) is 0. The molecule has 26 heavy (non-hydrogen) atoms. The lowest BCUT2D eigenvalue weighted by molar-refractivity contribution is -0.168. The van der Waals surface area contributed by atoms with Gasteiger partial charge in [-0.05, 0) is 30.2 Å². The Morgan fingerprint density at radius 1 is 1.15 bits per heavy atom. The molecule has 0 fully saturated rings. The molecule has 0 amide bonds. The Balaban J connectivity index is 2.23. The van der Waals surface area contributed by atoms with Crippen molar-refractivity contribution in [3.63, 3.8) is 0 Å². The van der Waals surface area contributed by atoms with Crippen LogP contribution in [0.25, 0.3) is 6.08 Å². The fourth-order valence-corrected chi connectivity index (χ4v) is 2.93. The number of hydrogen-bond donors (Lipinski definition) is 0. The number of ketones is 1. The summed E-state index contributed by atoms with van der Waals surface area (Å²) < 4.78 is 11.0. The van der Waals surface area contributed by atoms with E-state index in [0.717, 1.165) is 5.56 Å². The van der Waals surface area contributed by atoms with E-state index < -0.39 is 29.6 Å². The summed E-state index contributed by atoms with van der Waals surface area (Å²) in [6.07, 6.45) is 3.19. The van der Waals surface area contributed by atoms with E-state index in [2.05, 4.69) is 0 Å². The molecule has 0 aromatic heterocycles. The van der Waals surface area contributed by atoms with E-state index in [-0.39, 0.29) is 12.2 Å². The molecule has 1 aromatic rings. The third-order valence-electron chi connectivity index (χ3n) is 4.30. The molecule has 0 N–H and O–H groups in total. The minimum Gasteiger partial charge on any atom is -0.454 e. The minimum atomic E-state index is -0.803. The number of esters is 2. The molecule has 0 saturated heterocycles. The Morgan fingerprint density at radius 3 is 2.42 bits per heavy atom. The molecule has 2 rings (SSSR count). The van der Waals surface area contributed by atoms with Crippen LogP contribution < -0.4 is 0 Å². The summed E-state index contributed by atoms with van der Waals surface area (Å²) >= 11 is 0. The Kier molecular flexibility index (Phi) is 6.14. The second kappa shape index (κ2) is 8.13. The monoisotopic (exact) mass is 356 g/mol. The van der Waals surface area contributed by atoms with Gasteiger partial charge in [0.25, 0.3) is 0 Å². The maximum Gasteiger partial charge on any atom is 0.331 e. The van der Waals surface area contributed by atoms with Crippen molar-refractivity contribution in [1.29, 1.82) is 0 Å². The highest BCUT2D eigenvalue weighted by Gasteiger charge is 2.43. The molecular formula is C21H24O5. The molecule has 0 spiro atoms. The van der Waals surface area contributed by atoms with Gasteiger partial charge in [-0.3, -0.25) is 9.59 Å². The summed E-state index contributed by atoms with van der Waals surface area (Å²) in [4.78, 5) is 36.0. The van der Waals surface area contributed by atoms with Gasteiger partial charge >= 0.3 is 11.9 Å². The van der Waals surface area contributed by atoms with Crippen molar-refractivity contribution in [2.75, 3.05) is 0 Å². The molecule has 0 bridgehead atoms. The number of Topliss-reactive ketones (excluding diaryl/α,β-unsaturated/α-hetero) is 1. The Morgan fingerprint density at radius 2 is 1.81 bits per heavy atom. The fourth-order valence-electron chi connectivity index (χ4n) is 2.93. The van der Waals surface area contributed by atoms with Crippen molar-refractivity contribution in [3.8, 4) is 0 Å². The standard InChI is InChI=1S/C21H24O5/c1-14-12-18(25-15(2)22)20(21(3,4)13-17(14)23)26-19(24)11-10-16-8-6-5-7-9-16/h5-12,18,20H,13H2,1-4H3/b11-10+. The smallest absolute Gasteiger partial charge is 0.331 e. The molecule has 0 saturated carbocycles. The van der Waals surface area contributed by atoms with E-state index in [9.17, 15) is 14.4 Å². The maximum atomic E-state index is 12.3. The predicted molar refractivity (Wildman–Crippen MR) is 98.1 cm³/mol. The Hall–Kier alpha value is -2.69. The molecule has 1 aromatic carbocycles. The highest BCUT2D eigenvalue weighted by Crippen LogP contribution is 2.36. The highest BCUT2D eigenvalue weighted by molar-refractivity contribution is 5.96. The molecule has 0 radical (unpaired) electrons. The first-order valence-corrected chi connectivity index (χ1v) is 8.51. The minimum absolute atomic E-state index is 0.0504. The Bertz CT molecular complexity index is 743. The number of rotatable bonds is 4. The van der Waals surface area contributed by atoms with E-state index in [1.54, 1.807) is 19.1 Å². The first-order valence-electron chi connectivity index (χ1n) is 8.51. The van der Waals surface area contributed by atoms with Gasteiger partial charge in [0.2, 0.25) is 0 Å². The third kappa shape index (κ3) is 5.15. The first-order chi connectivity index (χ1) is 12.2. The van der Waals surface area contributed by atoms with E-state index in [4.69, 9.17) is 9.47 Å². The first kappa shape index (κ1) is 19.6. The lowest BCUT2D eigenvalue weighted by Crippen LogP contribution is -2.43. The SMILES string of the molecule is CC(=O)OC1C=C(C)C(=O)CC(C)(C)C1OC(=O)/C=C/c1ccccc1. The van der Waals surface area contributed by atoms with Crippen LogP contribution in [0.4, 0.5) is 0 Å². The topological polar surface area (TPSA) is 69.7 Å². The zero-order valence-electron chi connectivity index (χ0n) is 15.5. The average Bonchev–Trinajstić information content (AvgIpc) is 2.63. The van der Waals surface area contributed by atoms with E-state index in [0.29, 0.717) is 5.57 Å². The van der Waals surface area contributed by atoms with E-state index in [1.807, 2.05) is 44.2 Å². The van der Waals surface area contributed by atoms with Crippen LogP contribution in [0.5, 0.6) is 0 Å². The van der Waals surface area contributed by atoms with Crippen LogP contribution in [0.1, 0.15) is 39.7 Å². The number of hydrogen-bond acceptors (Lipinski definition) is 5. The van der Waals surface area contributed by atoms with Crippen molar-refractivity contribution >= 4 is 23.8 Å². The lowest BCUT2D eigenvalue weighted by atomic mass is 9.80. The molecular weight excluding hydrogens is 332 g/mol. The van der Waals surface area contributed by atoms with Crippen LogP contribution in [-0.2, 0) is 23.9 Å². The van der Waals surface area contributed by atoms with Crippen LogP contribution in [0, 0.1) is 5.41 Å². The van der Waals surface area contributed by atoms with Crippen molar-refractivity contribution in [2.45, 2.75) is 46.3 Å². The zero-order chi connectivity index (χ0) is 19.3. The van der Waals surface area contributed by atoms with Crippen molar-refractivity contribution in [3.05, 3.63) is 53.6 Å². The largest absolute Gasteiger partial charge is 0.454 e. The summed E-state index contributed by atoms with van der Waals surface area (Å²) in [5.74, 6) is -1.10. The van der Waals surface area contributed by atoms with Gasteiger partial charge in [0, 0.05) is 24.8 Å². The van der Waals surface area contributed by atoms with Gasteiger partial charge in [-0.2, -0.15) is 0 Å². The molecule has 138 valence electrons. The second-order valence-electron chi connectivity index (χ2n) is 7.11. The van der Waals surface area contributed by atoms with Crippen molar-refractivity contribution in [2.24, 2.45) is 5.41 Å². The molecule has 5 heteroatoms. The highest BCUT2D eigenvalue weighted by atomic mass is 16.6. The van der Waals surface area contributed by atoms with Gasteiger partial charge in [-0.15, -0.1) is 0 Å². The van der Waals surface area contributed by atoms with Crippen molar-refractivity contribution < 1.29 is 23.9 Å². The molecule has 1 aliphatic rings. The number of benzene rings is 1. The van der Waals surface area contributed by atoms with Gasteiger partial charge in [0.15, 0.2) is 11.9 Å². The molecule has 0 heterocycles. The summed E-state index contributed by atoms with van der Waals surface area (Å²) in [5.41, 5.74) is 0.691. The van der Waals surface area contributed by atoms with Crippen LogP contribution in [0.15, 0.2) is 48.1 Å². The summed E-state index contributed by atoms with van der Waals surface area (Å²) in [5, 5.41) is 0. The maximum absolute atomic E-state index is 12.3. The molecule has 2 atom stereocenters. The van der Waals surface area contributed by atoms with Gasteiger partial charge in [-0.25, -0.2) is 4.79 Å². The van der Waals surface area contributed by atoms with Crippen LogP contribution >= 0.6 is 0 Å². The lowest BCUT2D eigenvalue weighted by Gasteiger charge is -2.35. The number of ether oxygens (including phenoxy) is 2. The van der Waals surface area contributed by atoms with Gasteiger partial charge in [0.1, 0.15) is 6.10 Å². The summed E-state index contributed by atoms with van der Waals surface area (Å²) in [6, 6.07) is 9.36. The van der Waals surface area contributed by atoms with Crippen molar-refractivity contribution in [1.82, 2.24) is 0 Å². The average molecular weight is 356 g/mol. The van der Waals surface area contributed by atoms with Gasteiger partial charge < -0.3 is 9.47 Å². The van der Waals surface area contributed by atoms with E-state index >= 15 is 0 Å². The quantitative estimate of drug-likeness (QED) is 0.610. The fraction of sp³-hybridized carbons (Fsp3) is 0.381.